The van der Waals surface area contributed by atoms with E-state index in [1.54, 1.807) is 11.3 Å². The Bertz CT molecular complexity index is 728. The van der Waals surface area contributed by atoms with Crippen LogP contribution in [0, 0.1) is 0 Å². The van der Waals surface area contributed by atoms with Crippen molar-refractivity contribution in [2.75, 3.05) is 11.4 Å². The Morgan fingerprint density at radius 1 is 1.39 bits per heavy atom. The number of primary amides is 1. The van der Waals surface area contributed by atoms with Gasteiger partial charge in [0.25, 0.3) is 5.91 Å². The van der Waals surface area contributed by atoms with Gasteiger partial charge in [0.15, 0.2) is 0 Å². The Morgan fingerprint density at radius 2 is 2.09 bits per heavy atom. The highest BCUT2D eigenvalue weighted by molar-refractivity contribution is 7.17. The molecule has 23 heavy (non-hydrogen) atoms. The van der Waals surface area contributed by atoms with E-state index in [0.29, 0.717) is 18.5 Å². The molecule has 0 saturated carbocycles. The SMILES string of the molecule is CC1=CN(c2sc3c(c2C(N)=O)CC(C)(C)OC3(C)C)CC=N1. The number of amides is 1. The number of rotatable bonds is 2. The summed E-state index contributed by atoms with van der Waals surface area (Å²) in [5.41, 5.74) is 7.56. The highest BCUT2D eigenvalue weighted by atomic mass is 32.1. The van der Waals surface area contributed by atoms with Crippen molar-refractivity contribution in [3.05, 3.63) is 27.9 Å². The predicted molar refractivity (Wildman–Crippen MR) is 94.3 cm³/mol. The van der Waals surface area contributed by atoms with Crippen LogP contribution in [0.25, 0.3) is 0 Å². The third kappa shape index (κ3) is 2.81. The average Bonchev–Trinajstić information content (AvgIpc) is 2.76. The van der Waals surface area contributed by atoms with E-state index < -0.39 is 5.60 Å². The maximum atomic E-state index is 12.2. The molecule has 6 heteroatoms. The number of hydrogen-bond donors (Lipinski definition) is 1. The molecule has 124 valence electrons. The number of thiophene rings is 1. The average molecular weight is 333 g/mol. The first-order valence-corrected chi connectivity index (χ1v) is 8.56. The van der Waals surface area contributed by atoms with Crippen LogP contribution in [0.3, 0.4) is 0 Å². The van der Waals surface area contributed by atoms with Crippen molar-refractivity contribution < 1.29 is 9.53 Å². The van der Waals surface area contributed by atoms with Gasteiger partial charge in [-0.15, -0.1) is 11.3 Å². The Balaban J connectivity index is 2.19. The van der Waals surface area contributed by atoms with E-state index in [4.69, 9.17) is 10.5 Å². The van der Waals surface area contributed by atoms with Gasteiger partial charge < -0.3 is 15.4 Å². The summed E-state index contributed by atoms with van der Waals surface area (Å²) in [4.78, 5) is 19.6. The largest absolute Gasteiger partial charge is 0.365 e. The maximum absolute atomic E-state index is 12.2. The summed E-state index contributed by atoms with van der Waals surface area (Å²) in [6.07, 6.45) is 4.50. The van der Waals surface area contributed by atoms with E-state index in [0.717, 1.165) is 21.1 Å². The fourth-order valence-electron chi connectivity index (χ4n) is 3.49. The van der Waals surface area contributed by atoms with Crippen molar-refractivity contribution in [1.82, 2.24) is 0 Å². The molecule has 1 amide bonds. The maximum Gasteiger partial charge on any atom is 0.252 e. The number of carbonyl (C=O) groups is 1. The van der Waals surface area contributed by atoms with Crippen LogP contribution < -0.4 is 10.6 Å². The first kappa shape index (κ1) is 16.2. The Hall–Kier alpha value is -1.66. The van der Waals surface area contributed by atoms with Gasteiger partial charge in [-0.1, -0.05) is 0 Å². The zero-order valence-corrected chi connectivity index (χ0v) is 15.1. The number of hydrogen-bond acceptors (Lipinski definition) is 5. The third-order valence-electron chi connectivity index (χ3n) is 4.09. The van der Waals surface area contributed by atoms with Gasteiger partial charge in [0.1, 0.15) is 5.00 Å². The molecule has 5 nitrogen and oxygen atoms in total. The molecule has 0 unspecified atom stereocenters. The molecule has 2 N–H and O–H groups in total. The van der Waals surface area contributed by atoms with Crippen LogP contribution in [-0.2, 0) is 16.8 Å². The molecule has 1 aromatic rings. The molecule has 3 rings (SSSR count). The van der Waals surface area contributed by atoms with E-state index in [9.17, 15) is 4.79 Å². The van der Waals surface area contributed by atoms with E-state index in [1.807, 2.05) is 19.3 Å². The predicted octanol–water partition coefficient (Wildman–Crippen LogP) is 3.19. The molecule has 0 aromatic carbocycles. The zero-order valence-electron chi connectivity index (χ0n) is 14.3. The van der Waals surface area contributed by atoms with Crippen molar-refractivity contribution >= 4 is 28.5 Å². The topological polar surface area (TPSA) is 67.9 Å². The standard InChI is InChI=1S/C17H23N3O2S/c1-10-9-20(7-6-19-10)15-12(14(18)21)11-8-16(2,3)22-17(4,5)13(11)23-15/h6,9H,7-8H2,1-5H3,(H2,18,21). The molecule has 0 bridgehead atoms. The van der Waals surface area contributed by atoms with Crippen molar-refractivity contribution in [2.24, 2.45) is 10.7 Å². The number of nitrogens with two attached hydrogens (primary N) is 1. The summed E-state index contributed by atoms with van der Waals surface area (Å²) < 4.78 is 6.24. The highest BCUT2D eigenvalue weighted by Gasteiger charge is 2.43. The summed E-state index contributed by atoms with van der Waals surface area (Å²) in [5, 5.41) is 0.891. The second-order valence-electron chi connectivity index (χ2n) is 7.24. The number of allylic oxidation sites excluding steroid dienone is 1. The van der Waals surface area contributed by atoms with Crippen molar-refractivity contribution in [3.8, 4) is 0 Å². The molecule has 1 aromatic heterocycles. The van der Waals surface area contributed by atoms with Crippen LogP contribution >= 0.6 is 11.3 Å². The van der Waals surface area contributed by atoms with Crippen LogP contribution in [0.15, 0.2) is 16.9 Å². The molecule has 0 fully saturated rings. The van der Waals surface area contributed by atoms with Gasteiger partial charge in [-0.2, -0.15) is 0 Å². The van der Waals surface area contributed by atoms with Crippen molar-refractivity contribution in [2.45, 2.75) is 52.2 Å². The molecule has 3 heterocycles. The third-order valence-corrected chi connectivity index (χ3v) is 5.67. The summed E-state index contributed by atoms with van der Waals surface area (Å²) in [5.74, 6) is -0.375. The van der Waals surface area contributed by atoms with Gasteiger partial charge in [0, 0.05) is 23.7 Å². The summed E-state index contributed by atoms with van der Waals surface area (Å²) in [6, 6.07) is 0. The lowest BCUT2D eigenvalue weighted by Crippen LogP contribution is -2.42. The lowest BCUT2D eigenvalue weighted by Gasteiger charge is -2.41. The normalized spacial score (nSPS) is 21.8. The van der Waals surface area contributed by atoms with Crippen molar-refractivity contribution in [1.29, 1.82) is 0 Å². The summed E-state index contributed by atoms with van der Waals surface area (Å²) in [7, 11) is 0. The molecular formula is C17H23N3O2S. The minimum Gasteiger partial charge on any atom is -0.365 e. The number of aliphatic imine (C=N–C) groups is 1. The second-order valence-corrected chi connectivity index (χ2v) is 8.24. The summed E-state index contributed by atoms with van der Waals surface area (Å²) in [6.45, 7) is 10.8. The zero-order chi connectivity index (χ0) is 17.0. The number of anilines is 1. The minimum atomic E-state index is -0.438. The van der Waals surface area contributed by atoms with Gasteiger partial charge in [0.2, 0.25) is 0 Å². The lowest BCUT2D eigenvalue weighted by molar-refractivity contribution is -0.135. The second kappa shape index (κ2) is 5.18. The lowest BCUT2D eigenvalue weighted by atomic mass is 9.86. The van der Waals surface area contributed by atoms with Gasteiger partial charge >= 0.3 is 0 Å². The van der Waals surface area contributed by atoms with Crippen LogP contribution in [-0.4, -0.2) is 24.3 Å². The highest BCUT2D eigenvalue weighted by Crippen LogP contribution is 2.49. The number of ether oxygens (including phenoxy) is 1. The van der Waals surface area contributed by atoms with Crippen LogP contribution in [0.4, 0.5) is 5.00 Å². The molecule has 0 saturated heterocycles. The Morgan fingerprint density at radius 3 is 2.70 bits per heavy atom. The smallest absolute Gasteiger partial charge is 0.252 e. The van der Waals surface area contributed by atoms with Crippen LogP contribution in [0.2, 0.25) is 0 Å². The first-order valence-electron chi connectivity index (χ1n) is 7.74. The molecule has 2 aliphatic rings. The van der Waals surface area contributed by atoms with Crippen LogP contribution in [0.1, 0.15) is 55.4 Å². The van der Waals surface area contributed by atoms with Gasteiger partial charge in [-0.25, -0.2) is 0 Å². The fourth-order valence-corrected chi connectivity index (χ4v) is 4.84. The quantitative estimate of drug-likeness (QED) is 0.904. The molecule has 2 aliphatic heterocycles. The van der Waals surface area contributed by atoms with E-state index in [-0.39, 0.29) is 11.5 Å². The van der Waals surface area contributed by atoms with E-state index in [2.05, 4.69) is 37.6 Å². The van der Waals surface area contributed by atoms with Crippen molar-refractivity contribution in [3.63, 3.8) is 0 Å². The van der Waals surface area contributed by atoms with Gasteiger partial charge in [-0.3, -0.25) is 9.79 Å². The molecule has 0 aliphatic carbocycles. The molecule has 0 radical (unpaired) electrons. The van der Waals surface area contributed by atoms with Gasteiger partial charge in [0.05, 0.1) is 29.0 Å². The molecule has 0 atom stereocenters. The number of nitrogens with zero attached hydrogens (tertiary/aromatic N) is 2. The molecular weight excluding hydrogens is 310 g/mol. The number of fused-ring (bicyclic) bond motifs is 1. The van der Waals surface area contributed by atoms with E-state index in [1.165, 1.54) is 0 Å². The molecule has 0 spiro atoms. The van der Waals surface area contributed by atoms with Crippen LogP contribution in [0.5, 0.6) is 0 Å². The summed E-state index contributed by atoms with van der Waals surface area (Å²) >= 11 is 1.60. The number of carbonyl (C=O) groups excluding carboxylic acids is 1. The van der Waals surface area contributed by atoms with E-state index >= 15 is 0 Å². The fraction of sp³-hybridized carbons (Fsp3) is 0.529. The van der Waals surface area contributed by atoms with Gasteiger partial charge in [-0.05, 0) is 40.2 Å². The first-order chi connectivity index (χ1) is 10.6. The Labute approximate surface area is 140 Å². The monoisotopic (exact) mass is 333 g/mol. The minimum absolute atomic E-state index is 0.325. The Kier molecular flexibility index (Phi) is 3.65.